The third kappa shape index (κ3) is 5.87. The number of aromatic nitrogens is 1. The quantitative estimate of drug-likeness (QED) is 0.439. The molecule has 0 radical (unpaired) electrons. The summed E-state index contributed by atoms with van der Waals surface area (Å²) in [5.41, 5.74) is 1.87. The van der Waals surface area contributed by atoms with Gasteiger partial charge in [-0.2, -0.15) is 5.26 Å². The number of hydrogen-bond acceptors (Lipinski definition) is 5. The van der Waals surface area contributed by atoms with Gasteiger partial charge in [0.25, 0.3) is 5.91 Å². The average molecular weight is 441 g/mol. The van der Waals surface area contributed by atoms with Crippen LogP contribution in [0.2, 0.25) is 0 Å². The van der Waals surface area contributed by atoms with Gasteiger partial charge in [-0.05, 0) is 42.5 Å². The van der Waals surface area contributed by atoms with E-state index < -0.39 is 5.54 Å². The Morgan fingerprint density at radius 2 is 1.88 bits per heavy atom. The standard InChI is InChI=1S/C27H28N4O2/c28-21-22(26(32)30-27(13-4-5-14-27)23-8-2-1-3-9-23)20-25-11-6-10-24(29-25)12-7-15-31-16-18-33-19-17-31/h1-3,6,8-11,20H,4-5,13-19H2,(H,30,32). The zero-order valence-corrected chi connectivity index (χ0v) is 18.7. The first-order valence-electron chi connectivity index (χ1n) is 11.4. The zero-order chi connectivity index (χ0) is 22.9. The van der Waals surface area contributed by atoms with Crippen LogP contribution in [0.15, 0.2) is 54.1 Å². The lowest BCUT2D eigenvalue weighted by atomic mass is 9.88. The molecule has 1 N–H and O–H groups in total. The highest BCUT2D eigenvalue weighted by Gasteiger charge is 2.37. The number of hydrogen-bond donors (Lipinski definition) is 1. The second-order valence-electron chi connectivity index (χ2n) is 8.42. The number of pyridine rings is 1. The minimum Gasteiger partial charge on any atom is -0.379 e. The van der Waals surface area contributed by atoms with Crippen molar-refractivity contribution in [3.05, 3.63) is 71.1 Å². The second-order valence-corrected chi connectivity index (χ2v) is 8.42. The van der Waals surface area contributed by atoms with Crippen LogP contribution in [0.3, 0.4) is 0 Å². The molecule has 1 aliphatic carbocycles. The van der Waals surface area contributed by atoms with Gasteiger partial charge in [-0.25, -0.2) is 4.98 Å². The molecule has 1 saturated heterocycles. The highest BCUT2D eigenvalue weighted by atomic mass is 16.5. The minimum atomic E-state index is -0.422. The molecule has 1 aliphatic heterocycles. The highest BCUT2D eigenvalue weighted by molar-refractivity contribution is 6.02. The van der Waals surface area contributed by atoms with E-state index in [2.05, 4.69) is 33.1 Å². The molecule has 1 amide bonds. The fraction of sp³-hybridized carbons (Fsp3) is 0.370. The number of amides is 1. The van der Waals surface area contributed by atoms with Crippen molar-refractivity contribution in [1.82, 2.24) is 15.2 Å². The van der Waals surface area contributed by atoms with Crippen LogP contribution in [-0.2, 0) is 15.1 Å². The molecular weight excluding hydrogens is 412 g/mol. The summed E-state index contributed by atoms with van der Waals surface area (Å²) in [6.07, 6.45) is 5.37. The monoisotopic (exact) mass is 440 g/mol. The Labute approximate surface area is 195 Å². The Balaban J connectivity index is 1.47. The van der Waals surface area contributed by atoms with E-state index in [0.29, 0.717) is 17.9 Å². The molecule has 1 aromatic carbocycles. The van der Waals surface area contributed by atoms with E-state index in [1.807, 2.05) is 42.5 Å². The molecule has 4 rings (SSSR count). The maximum Gasteiger partial charge on any atom is 0.262 e. The number of morpholine rings is 1. The van der Waals surface area contributed by atoms with Crippen molar-refractivity contribution in [3.63, 3.8) is 0 Å². The van der Waals surface area contributed by atoms with E-state index in [-0.39, 0.29) is 11.5 Å². The Hall–Kier alpha value is -3.45. The third-order valence-corrected chi connectivity index (χ3v) is 6.19. The largest absolute Gasteiger partial charge is 0.379 e. The number of nitriles is 1. The summed E-state index contributed by atoms with van der Waals surface area (Å²) in [7, 11) is 0. The van der Waals surface area contributed by atoms with Crippen LogP contribution in [-0.4, -0.2) is 48.6 Å². The molecule has 0 unspecified atom stereocenters. The van der Waals surface area contributed by atoms with E-state index in [0.717, 1.165) is 57.6 Å². The molecular formula is C27H28N4O2. The molecule has 1 saturated carbocycles. The molecule has 2 aliphatic rings. The molecule has 6 heteroatoms. The molecule has 1 aromatic heterocycles. The van der Waals surface area contributed by atoms with Gasteiger partial charge in [-0.15, -0.1) is 0 Å². The van der Waals surface area contributed by atoms with Gasteiger partial charge in [0.2, 0.25) is 0 Å². The number of rotatable bonds is 5. The molecule has 6 nitrogen and oxygen atoms in total. The van der Waals surface area contributed by atoms with Crippen molar-refractivity contribution in [3.8, 4) is 17.9 Å². The van der Waals surface area contributed by atoms with Crippen LogP contribution >= 0.6 is 0 Å². The number of nitrogens with zero attached hydrogens (tertiary/aromatic N) is 3. The molecule has 2 fully saturated rings. The summed E-state index contributed by atoms with van der Waals surface area (Å²) in [5, 5.41) is 12.9. The van der Waals surface area contributed by atoms with Crippen LogP contribution in [0.25, 0.3) is 6.08 Å². The van der Waals surface area contributed by atoms with Gasteiger partial charge < -0.3 is 10.1 Å². The Kier molecular flexibility index (Phi) is 7.52. The number of ether oxygens (including phenoxy) is 1. The highest BCUT2D eigenvalue weighted by Crippen LogP contribution is 2.38. The molecule has 2 heterocycles. The summed E-state index contributed by atoms with van der Waals surface area (Å²) < 4.78 is 5.35. The van der Waals surface area contributed by atoms with Gasteiger partial charge in [0.15, 0.2) is 0 Å². The SMILES string of the molecule is N#CC(=Cc1cccc(C#CCN2CCOCC2)n1)C(=O)NC1(c2ccccc2)CCCC1. The number of carbonyl (C=O) groups is 1. The van der Waals surface area contributed by atoms with Gasteiger partial charge in [-0.1, -0.05) is 55.2 Å². The van der Waals surface area contributed by atoms with Gasteiger partial charge in [0.05, 0.1) is 31.0 Å². The van der Waals surface area contributed by atoms with E-state index in [4.69, 9.17) is 4.74 Å². The first kappa shape index (κ1) is 22.7. The zero-order valence-electron chi connectivity index (χ0n) is 18.7. The average Bonchev–Trinajstić information content (AvgIpc) is 3.33. The lowest BCUT2D eigenvalue weighted by molar-refractivity contribution is -0.119. The molecule has 0 atom stereocenters. The Bertz CT molecular complexity index is 1100. The van der Waals surface area contributed by atoms with Gasteiger partial charge in [0, 0.05) is 13.1 Å². The van der Waals surface area contributed by atoms with Crippen molar-refractivity contribution in [2.24, 2.45) is 0 Å². The minimum absolute atomic E-state index is 0.0446. The first-order valence-corrected chi connectivity index (χ1v) is 11.4. The predicted octanol–water partition coefficient (Wildman–Crippen LogP) is 3.26. The summed E-state index contributed by atoms with van der Waals surface area (Å²) >= 11 is 0. The fourth-order valence-corrected chi connectivity index (χ4v) is 4.41. The molecule has 0 spiro atoms. The summed E-state index contributed by atoms with van der Waals surface area (Å²) in [5.74, 6) is 5.87. The van der Waals surface area contributed by atoms with E-state index in [1.165, 1.54) is 6.08 Å². The first-order chi connectivity index (χ1) is 16.2. The Morgan fingerprint density at radius 3 is 2.61 bits per heavy atom. The van der Waals surface area contributed by atoms with Crippen molar-refractivity contribution in [2.75, 3.05) is 32.8 Å². The lowest BCUT2D eigenvalue weighted by Crippen LogP contribution is -2.44. The normalized spacial score (nSPS) is 18.1. The van der Waals surface area contributed by atoms with Crippen molar-refractivity contribution in [1.29, 1.82) is 5.26 Å². The van der Waals surface area contributed by atoms with Gasteiger partial charge in [-0.3, -0.25) is 9.69 Å². The van der Waals surface area contributed by atoms with Crippen molar-refractivity contribution < 1.29 is 9.53 Å². The van der Waals surface area contributed by atoms with E-state index in [1.54, 1.807) is 6.07 Å². The molecule has 2 aromatic rings. The van der Waals surface area contributed by atoms with Gasteiger partial charge in [0.1, 0.15) is 17.3 Å². The van der Waals surface area contributed by atoms with E-state index in [9.17, 15) is 10.1 Å². The Morgan fingerprint density at radius 1 is 1.12 bits per heavy atom. The van der Waals surface area contributed by atoms with E-state index >= 15 is 0 Å². The fourth-order valence-electron chi connectivity index (χ4n) is 4.41. The van der Waals surface area contributed by atoms with Gasteiger partial charge >= 0.3 is 0 Å². The van der Waals surface area contributed by atoms with Crippen molar-refractivity contribution >= 4 is 12.0 Å². The van der Waals surface area contributed by atoms with Crippen LogP contribution < -0.4 is 5.32 Å². The number of carbonyl (C=O) groups excluding carboxylic acids is 1. The maximum absolute atomic E-state index is 13.1. The van der Waals surface area contributed by atoms with Crippen molar-refractivity contribution in [2.45, 2.75) is 31.2 Å². The van der Waals surface area contributed by atoms with Crippen LogP contribution in [0.1, 0.15) is 42.6 Å². The summed E-state index contributed by atoms with van der Waals surface area (Å²) in [4.78, 5) is 19.8. The predicted molar refractivity (Wildman–Crippen MR) is 127 cm³/mol. The number of nitrogens with one attached hydrogen (secondary N) is 1. The molecule has 168 valence electrons. The van der Waals surface area contributed by atoms with Crippen LogP contribution in [0, 0.1) is 23.2 Å². The molecule has 33 heavy (non-hydrogen) atoms. The van der Waals surface area contributed by atoms with Crippen LogP contribution in [0.5, 0.6) is 0 Å². The summed E-state index contributed by atoms with van der Waals surface area (Å²) in [6.45, 7) is 3.92. The lowest BCUT2D eigenvalue weighted by Gasteiger charge is -2.31. The smallest absolute Gasteiger partial charge is 0.262 e. The van der Waals surface area contributed by atoms with Crippen LogP contribution in [0.4, 0.5) is 0 Å². The third-order valence-electron chi connectivity index (χ3n) is 6.19. The topological polar surface area (TPSA) is 78.2 Å². The summed E-state index contributed by atoms with van der Waals surface area (Å²) in [6, 6.07) is 17.5. The molecule has 0 bridgehead atoms. The number of benzene rings is 1. The second kappa shape index (κ2) is 10.9. The maximum atomic E-state index is 13.1.